The molecule has 0 unspecified atom stereocenters. The topological polar surface area (TPSA) is 20.2 Å². The van der Waals surface area contributed by atoms with Gasteiger partial charge in [-0.1, -0.05) is 24.3 Å². The molecule has 0 radical (unpaired) electrons. The first kappa shape index (κ1) is 9.16. The van der Waals surface area contributed by atoms with Gasteiger partial charge in [-0.15, -0.1) is 0 Å². The minimum Gasteiger partial charge on any atom is -0.396 e. The highest BCUT2D eigenvalue weighted by molar-refractivity contribution is 5.83. The second kappa shape index (κ2) is 3.76. The first-order chi connectivity index (χ1) is 6.81. The molecule has 0 spiro atoms. The zero-order valence-corrected chi connectivity index (χ0v) is 7.70. The van der Waals surface area contributed by atoms with E-state index in [9.17, 15) is 4.39 Å². The van der Waals surface area contributed by atoms with Crippen molar-refractivity contribution in [2.24, 2.45) is 0 Å². The lowest BCUT2D eigenvalue weighted by atomic mass is 10.1. The van der Waals surface area contributed by atoms with Crippen molar-refractivity contribution in [1.29, 1.82) is 0 Å². The maximum atomic E-state index is 13.3. The molecule has 0 aliphatic rings. The van der Waals surface area contributed by atoms with Gasteiger partial charge < -0.3 is 5.11 Å². The molecule has 0 heterocycles. The van der Waals surface area contributed by atoms with E-state index in [2.05, 4.69) is 0 Å². The van der Waals surface area contributed by atoms with E-state index in [1.807, 2.05) is 18.2 Å². The Kier molecular flexibility index (Phi) is 2.46. The quantitative estimate of drug-likeness (QED) is 0.771. The molecular formula is C12H11FO. The molecule has 1 nitrogen and oxygen atoms in total. The molecule has 14 heavy (non-hydrogen) atoms. The fraction of sp³-hybridized carbons (Fsp3) is 0.167. The summed E-state index contributed by atoms with van der Waals surface area (Å²) in [6, 6.07) is 10.6. The highest BCUT2D eigenvalue weighted by Gasteiger charge is 2.00. The molecule has 2 aromatic rings. The van der Waals surface area contributed by atoms with Gasteiger partial charge in [-0.2, -0.15) is 0 Å². The molecule has 0 bridgehead atoms. The summed E-state index contributed by atoms with van der Waals surface area (Å²) in [7, 11) is 0. The summed E-state index contributed by atoms with van der Waals surface area (Å²) in [4.78, 5) is 0. The second-order valence-electron chi connectivity index (χ2n) is 3.27. The fourth-order valence-electron chi connectivity index (χ4n) is 1.57. The highest BCUT2D eigenvalue weighted by Crippen LogP contribution is 2.19. The van der Waals surface area contributed by atoms with E-state index in [0.29, 0.717) is 11.8 Å². The number of hydrogen-bond donors (Lipinski definition) is 1. The van der Waals surface area contributed by atoms with Gasteiger partial charge in [0.25, 0.3) is 0 Å². The predicted octanol–water partition coefficient (Wildman–Crippen LogP) is 2.51. The number of benzene rings is 2. The Hall–Kier alpha value is -1.41. The van der Waals surface area contributed by atoms with Gasteiger partial charge in [0.05, 0.1) is 0 Å². The zero-order valence-electron chi connectivity index (χ0n) is 7.70. The van der Waals surface area contributed by atoms with Crippen LogP contribution in [0.5, 0.6) is 0 Å². The number of hydrogen-bond acceptors (Lipinski definition) is 1. The van der Waals surface area contributed by atoms with Crippen molar-refractivity contribution in [3.05, 3.63) is 47.8 Å². The van der Waals surface area contributed by atoms with Crippen LogP contribution in [-0.2, 0) is 6.42 Å². The molecule has 0 aromatic heterocycles. The van der Waals surface area contributed by atoms with Gasteiger partial charge in [-0.3, -0.25) is 0 Å². The smallest absolute Gasteiger partial charge is 0.131 e. The standard InChI is InChI=1S/C12H11FO/c13-12-3-1-2-10-5-4-9(6-7-14)8-11(10)12/h1-5,8,14H,6-7H2. The monoisotopic (exact) mass is 190 g/mol. The van der Waals surface area contributed by atoms with Gasteiger partial charge >= 0.3 is 0 Å². The van der Waals surface area contributed by atoms with Crippen molar-refractivity contribution >= 4 is 10.8 Å². The Labute approximate surface area is 81.8 Å². The molecule has 0 aliphatic carbocycles. The largest absolute Gasteiger partial charge is 0.396 e. The van der Waals surface area contributed by atoms with E-state index in [1.165, 1.54) is 6.07 Å². The van der Waals surface area contributed by atoms with E-state index in [-0.39, 0.29) is 12.4 Å². The molecule has 2 aromatic carbocycles. The van der Waals surface area contributed by atoms with Crippen LogP contribution >= 0.6 is 0 Å². The van der Waals surface area contributed by atoms with Crippen LogP contribution in [0.2, 0.25) is 0 Å². The second-order valence-corrected chi connectivity index (χ2v) is 3.27. The number of fused-ring (bicyclic) bond motifs is 1. The van der Waals surface area contributed by atoms with Crippen molar-refractivity contribution in [1.82, 2.24) is 0 Å². The summed E-state index contributed by atoms with van der Waals surface area (Å²) < 4.78 is 13.3. The minimum absolute atomic E-state index is 0.0972. The summed E-state index contributed by atoms with van der Waals surface area (Å²) in [6.45, 7) is 0.0972. The Balaban J connectivity index is 2.58. The van der Waals surface area contributed by atoms with Crippen molar-refractivity contribution in [2.75, 3.05) is 6.61 Å². The van der Waals surface area contributed by atoms with E-state index in [0.717, 1.165) is 10.9 Å². The van der Waals surface area contributed by atoms with Crippen molar-refractivity contribution in [3.63, 3.8) is 0 Å². The molecule has 0 atom stereocenters. The predicted molar refractivity (Wildman–Crippen MR) is 54.7 cm³/mol. The first-order valence-electron chi connectivity index (χ1n) is 4.59. The summed E-state index contributed by atoms with van der Waals surface area (Å²) >= 11 is 0. The lowest BCUT2D eigenvalue weighted by Crippen LogP contribution is -1.90. The van der Waals surface area contributed by atoms with Crippen LogP contribution < -0.4 is 0 Å². The molecule has 1 N–H and O–H groups in total. The summed E-state index contributed by atoms with van der Waals surface area (Å²) in [6.07, 6.45) is 0.574. The Morgan fingerprint density at radius 1 is 1.14 bits per heavy atom. The van der Waals surface area contributed by atoms with Gasteiger partial charge in [-0.05, 0) is 29.5 Å². The van der Waals surface area contributed by atoms with Crippen LogP contribution in [0.25, 0.3) is 10.8 Å². The molecule has 0 fully saturated rings. The molecule has 2 rings (SSSR count). The van der Waals surface area contributed by atoms with Crippen LogP contribution in [0.1, 0.15) is 5.56 Å². The third kappa shape index (κ3) is 1.61. The van der Waals surface area contributed by atoms with E-state index < -0.39 is 0 Å². The van der Waals surface area contributed by atoms with E-state index >= 15 is 0 Å². The Morgan fingerprint density at radius 3 is 2.79 bits per heavy atom. The van der Waals surface area contributed by atoms with Gasteiger partial charge in [0.15, 0.2) is 0 Å². The van der Waals surface area contributed by atoms with Gasteiger partial charge in [-0.25, -0.2) is 4.39 Å². The fourth-order valence-corrected chi connectivity index (χ4v) is 1.57. The van der Waals surface area contributed by atoms with Crippen LogP contribution in [-0.4, -0.2) is 11.7 Å². The van der Waals surface area contributed by atoms with Crippen molar-refractivity contribution in [2.45, 2.75) is 6.42 Å². The third-order valence-electron chi connectivity index (χ3n) is 2.29. The maximum Gasteiger partial charge on any atom is 0.131 e. The highest BCUT2D eigenvalue weighted by atomic mass is 19.1. The maximum absolute atomic E-state index is 13.3. The van der Waals surface area contributed by atoms with Crippen LogP contribution in [0.4, 0.5) is 4.39 Å². The third-order valence-corrected chi connectivity index (χ3v) is 2.29. The number of aliphatic hydroxyl groups is 1. The molecule has 2 heteroatoms. The Morgan fingerprint density at radius 2 is 2.00 bits per heavy atom. The summed E-state index contributed by atoms with van der Waals surface area (Å²) in [5, 5.41) is 10.3. The van der Waals surface area contributed by atoms with Gasteiger partial charge in [0.1, 0.15) is 5.82 Å². The molecule has 72 valence electrons. The van der Waals surface area contributed by atoms with Gasteiger partial charge in [0, 0.05) is 12.0 Å². The van der Waals surface area contributed by atoms with Crippen LogP contribution in [0, 0.1) is 5.82 Å². The van der Waals surface area contributed by atoms with Gasteiger partial charge in [0.2, 0.25) is 0 Å². The first-order valence-corrected chi connectivity index (χ1v) is 4.59. The lowest BCUT2D eigenvalue weighted by molar-refractivity contribution is 0.299. The number of halogens is 1. The van der Waals surface area contributed by atoms with Crippen molar-refractivity contribution in [3.8, 4) is 0 Å². The lowest BCUT2D eigenvalue weighted by Gasteiger charge is -2.02. The normalized spacial score (nSPS) is 10.7. The molecule has 0 amide bonds. The minimum atomic E-state index is -0.206. The zero-order chi connectivity index (χ0) is 9.97. The molecular weight excluding hydrogens is 179 g/mol. The SMILES string of the molecule is OCCc1ccc2cccc(F)c2c1. The van der Waals surface area contributed by atoms with E-state index in [4.69, 9.17) is 5.11 Å². The van der Waals surface area contributed by atoms with Crippen molar-refractivity contribution < 1.29 is 9.50 Å². The number of rotatable bonds is 2. The molecule has 0 saturated heterocycles. The average Bonchev–Trinajstić information content (AvgIpc) is 2.20. The summed E-state index contributed by atoms with van der Waals surface area (Å²) in [5.74, 6) is -0.206. The Bertz CT molecular complexity index is 451. The summed E-state index contributed by atoms with van der Waals surface area (Å²) in [5.41, 5.74) is 0.963. The average molecular weight is 190 g/mol. The molecule has 0 saturated carbocycles. The molecule has 0 aliphatic heterocycles. The number of aliphatic hydroxyl groups excluding tert-OH is 1. The van der Waals surface area contributed by atoms with Crippen LogP contribution in [0.3, 0.4) is 0 Å². The van der Waals surface area contributed by atoms with Crippen LogP contribution in [0.15, 0.2) is 36.4 Å². The van der Waals surface area contributed by atoms with E-state index in [1.54, 1.807) is 12.1 Å².